The molecule has 0 saturated heterocycles. The first kappa shape index (κ1) is 34.8. The molecule has 1 aromatic heterocycles. The van der Waals surface area contributed by atoms with Gasteiger partial charge in [-0.15, -0.1) is 0 Å². The fourth-order valence-corrected chi connectivity index (χ4v) is 10.7. The molecule has 10 aromatic rings. The van der Waals surface area contributed by atoms with Crippen LogP contribution < -0.4 is 0 Å². The van der Waals surface area contributed by atoms with E-state index in [0.29, 0.717) is 0 Å². The highest BCUT2D eigenvalue weighted by molar-refractivity contribution is 6.23. The van der Waals surface area contributed by atoms with E-state index in [9.17, 15) is 0 Å². The minimum absolute atomic E-state index is 0.0742. The van der Waals surface area contributed by atoms with Crippen LogP contribution in [0.1, 0.15) is 49.9 Å². The number of aromatic nitrogens is 2. The summed E-state index contributed by atoms with van der Waals surface area (Å²) in [6.45, 7) is 9.43. The van der Waals surface area contributed by atoms with Gasteiger partial charge in [-0.2, -0.15) is 0 Å². The minimum Gasteiger partial charge on any atom is -0.244 e. The van der Waals surface area contributed by atoms with E-state index in [1.807, 2.05) is 6.07 Å². The Kier molecular flexibility index (Phi) is 7.36. The monoisotopic (exact) mass is 766 g/mol. The highest BCUT2D eigenvalue weighted by Crippen LogP contribution is 2.53. The average molecular weight is 767 g/mol. The van der Waals surface area contributed by atoms with Crippen molar-refractivity contribution in [1.29, 1.82) is 0 Å². The smallest absolute Gasteiger partial charge is 0.0985 e. The summed E-state index contributed by atoms with van der Waals surface area (Å²) < 4.78 is 0. The summed E-state index contributed by atoms with van der Waals surface area (Å²) in [5.41, 5.74) is 21.2. The van der Waals surface area contributed by atoms with Crippen molar-refractivity contribution >= 4 is 32.6 Å². The van der Waals surface area contributed by atoms with E-state index in [4.69, 9.17) is 9.97 Å². The van der Waals surface area contributed by atoms with Crippen LogP contribution >= 0.6 is 0 Å². The van der Waals surface area contributed by atoms with Crippen molar-refractivity contribution in [2.75, 3.05) is 0 Å². The molecule has 0 atom stereocenters. The number of hydrogen-bond acceptors (Lipinski definition) is 2. The van der Waals surface area contributed by atoms with Gasteiger partial charge in [0.25, 0.3) is 0 Å². The molecule has 0 bridgehead atoms. The van der Waals surface area contributed by atoms with E-state index in [1.54, 1.807) is 0 Å². The Morgan fingerprint density at radius 1 is 0.300 bits per heavy atom. The average Bonchev–Trinajstić information content (AvgIpc) is 3.66. The second-order valence-corrected chi connectivity index (χ2v) is 17.7. The molecule has 0 aliphatic heterocycles. The van der Waals surface area contributed by atoms with Gasteiger partial charge < -0.3 is 0 Å². The zero-order chi connectivity index (χ0) is 40.3. The summed E-state index contributed by atoms with van der Waals surface area (Å²) in [6.07, 6.45) is 0. The first-order chi connectivity index (χ1) is 29.3. The van der Waals surface area contributed by atoms with E-state index >= 15 is 0 Å². The first-order valence-corrected chi connectivity index (χ1v) is 21.1. The number of para-hydroxylation sites is 2. The highest BCUT2D eigenvalue weighted by atomic mass is 14.8. The van der Waals surface area contributed by atoms with Crippen molar-refractivity contribution in [2.45, 2.75) is 38.5 Å². The molecule has 0 amide bonds. The second-order valence-electron chi connectivity index (χ2n) is 17.7. The van der Waals surface area contributed by atoms with Crippen molar-refractivity contribution < 1.29 is 0 Å². The number of nitrogens with zero attached hydrogens (tertiary/aromatic N) is 2. The van der Waals surface area contributed by atoms with Crippen LogP contribution in [-0.4, -0.2) is 9.97 Å². The van der Waals surface area contributed by atoms with Gasteiger partial charge in [0, 0.05) is 22.0 Å². The Morgan fingerprint density at radius 2 is 0.800 bits per heavy atom. The van der Waals surface area contributed by atoms with Crippen LogP contribution in [0.3, 0.4) is 0 Å². The molecule has 0 spiro atoms. The van der Waals surface area contributed by atoms with Crippen molar-refractivity contribution in [3.63, 3.8) is 0 Å². The molecule has 2 nitrogen and oxygen atoms in total. The third-order valence-electron chi connectivity index (χ3n) is 13.7. The number of hydrogen-bond donors (Lipinski definition) is 0. The Morgan fingerprint density at radius 3 is 1.53 bits per heavy atom. The van der Waals surface area contributed by atoms with E-state index in [0.717, 1.165) is 44.3 Å². The zero-order valence-electron chi connectivity index (χ0n) is 34.2. The van der Waals surface area contributed by atoms with E-state index in [-0.39, 0.29) is 10.8 Å². The molecule has 2 aliphatic carbocycles. The normalized spacial score (nSPS) is 14.3. The molecule has 284 valence electrons. The number of fused-ring (bicyclic) bond motifs is 9. The first-order valence-electron chi connectivity index (χ1n) is 21.1. The molecule has 0 radical (unpaired) electrons. The van der Waals surface area contributed by atoms with Gasteiger partial charge in [-0.1, -0.05) is 179 Å². The molecule has 2 heteroatoms. The van der Waals surface area contributed by atoms with Crippen molar-refractivity contribution in [3.05, 3.63) is 204 Å². The van der Waals surface area contributed by atoms with Crippen LogP contribution in [0.2, 0.25) is 0 Å². The van der Waals surface area contributed by atoms with E-state index < -0.39 is 0 Å². The Hall–Kier alpha value is -7.16. The summed E-state index contributed by atoms with van der Waals surface area (Å²) in [7, 11) is 0. The van der Waals surface area contributed by atoms with Gasteiger partial charge in [0.1, 0.15) is 0 Å². The lowest BCUT2D eigenvalue weighted by Gasteiger charge is -2.23. The SMILES string of the molecule is CC1(C)c2ccccc2-c2cc(-c3c4ccccc4c(-c4nc5ccccc5nc4-c4ccccc4)c4ccc(-c5ccc6c(c5)C(C)(C)c5ccccc5-6)cc34)ccc21. The lowest BCUT2D eigenvalue weighted by Crippen LogP contribution is -2.14. The van der Waals surface area contributed by atoms with Gasteiger partial charge in [0.2, 0.25) is 0 Å². The van der Waals surface area contributed by atoms with Gasteiger partial charge in [-0.05, 0) is 119 Å². The maximum Gasteiger partial charge on any atom is 0.0985 e. The van der Waals surface area contributed by atoms with Crippen molar-refractivity contribution in [2.24, 2.45) is 0 Å². The predicted octanol–water partition coefficient (Wildman–Crippen LogP) is 15.2. The fourth-order valence-electron chi connectivity index (χ4n) is 10.7. The fraction of sp³-hybridized carbons (Fsp3) is 0.103. The molecule has 9 aromatic carbocycles. The largest absolute Gasteiger partial charge is 0.244 e. The minimum atomic E-state index is -0.0929. The van der Waals surface area contributed by atoms with Gasteiger partial charge in [-0.3, -0.25) is 0 Å². The Labute approximate surface area is 350 Å². The maximum absolute atomic E-state index is 5.51. The Bertz CT molecular complexity index is 3430. The lowest BCUT2D eigenvalue weighted by atomic mass is 9.80. The summed E-state index contributed by atoms with van der Waals surface area (Å²) in [5.74, 6) is 0. The number of benzene rings is 9. The Balaban J connectivity index is 1.17. The van der Waals surface area contributed by atoms with Crippen LogP contribution in [0.25, 0.3) is 99.6 Å². The molecule has 1 heterocycles. The van der Waals surface area contributed by atoms with Crippen molar-refractivity contribution in [1.82, 2.24) is 9.97 Å². The maximum atomic E-state index is 5.51. The van der Waals surface area contributed by atoms with Crippen LogP contribution in [0.5, 0.6) is 0 Å². The van der Waals surface area contributed by atoms with Gasteiger partial charge in [0.05, 0.1) is 22.4 Å². The van der Waals surface area contributed by atoms with E-state index in [1.165, 1.54) is 77.5 Å². The van der Waals surface area contributed by atoms with Crippen molar-refractivity contribution in [3.8, 4) is 67.0 Å². The molecule has 0 unspecified atom stereocenters. The molecule has 0 N–H and O–H groups in total. The second kappa shape index (κ2) is 12.7. The number of rotatable bonds is 4. The highest BCUT2D eigenvalue weighted by Gasteiger charge is 2.37. The zero-order valence-corrected chi connectivity index (χ0v) is 34.2. The molecular formula is C58H42N2. The van der Waals surface area contributed by atoms with Gasteiger partial charge in [-0.25, -0.2) is 9.97 Å². The molecule has 12 rings (SSSR count). The van der Waals surface area contributed by atoms with Crippen LogP contribution in [0, 0.1) is 0 Å². The lowest BCUT2D eigenvalue weighted by molar-refractivity contribution is 0.660. The quantitative estimate of drug-likeness (QED) is 0.167. The molecule has 0 fully saturated rings. The standard InChI is InChI=1S/C58H42N2/c1-57(2)48-23-13-11-19-40(48)45-33-38(28-31-49(45)57)53-42-20-8-9-21-43(42)54(56-55(35-16-6-5-7-17-35)59-51-24-14-15-25-52(51)60-56)44-30-27-36(32-46(44)53)37-26-29-41-39-18-10-12-22-47(39)58(3,4)50(41)34-37/h5-34H,1-4H3. The summed E-state index contributed by atoms with van der Waals surface area (Å²) in [4.78, 5) is 10.9. The predicted molar refractivity (Wildman–Crippen MR) is 251 cm³/mol. The van der Waals surface area contributed by atoms with Crippen LogP contribution in [0.15, 0.2) is 182 Å². The molecule has 60 heavy (non-hydrogen) atoms. The van der Waals surface area contributed by atoms with Crippen LogP contribution in [0.4, 0.5) is 0 Å². The summed E-state index contributed by atoms with van der Waals surface area (Å²) >= 11 is 0. The summed E-state index contributed by atoms with van der Waals surface area (Å²) in [5, 5.41) is 4.71. The molecular weight excluding hydrogens is 725 g/mol. The molecule has 2 aliphatic rings. The van der Waals surface area contributed by atoms with E-state index in [2.05, 4.69) is 204 Å². The summed E-state index contributed by atoms with van der Waals surface area (Å²) in [6, 6.07) is 66.9. The van der Waals surface area contributed by atoms with Gasteiger partial charge in [0.15, 0.2) is 0 Å². The molecule has 0 saturated carbocycles. The van der Waals surface area contributed by atoms with Crippen LogP contribution in [-0.2, 0) is 10.8 Å². The topological polar surface area (TPSA) is 25.8 Å². The third-order valence-corrected chi connectivity index (χ3v) is 13.7. The van der Waals surface area contributed by atoms with Gasteiger partial charge >= 0.3 is 0 Å². The third kappa shape index (κ3) is 4.94.